The van der Waals surface area contributed by atoms with Crippen LogP contribution in [-0.2, 0) is 56.9 Å². The van der Waals surface area contributed by atoms with E-state index >= 15 is 0 Å². The summed E-state index contributed by atoms with van der Waals surface area (Å²) in [6.07, 6.45) is 3.05. The molecule has 0 fully saturated rings. The molecule has 1 atom stereocenters. The van der Waals surface area contributed by atoms with Crippen LogP contribution in [0.3, 0.4) is 0 Å². The van der Waals surface area contributed by atoms with Gasteiger partial charge in [-0.25, -0.2) is 9.59 Å². The molecule has 0 amide bonds. The van der Waals surface area contributed by atoms with Gasteiger partial charge in [0.25, 0.3) is 0 Å². The second-order valence-electron chi connectivity index (χ2n) is 7.93. The lowest BCUT2D eigenvalue weighted by Crippen LogP contribution is -3.09. The molecule has 0 radical (unpaired) electrons. The van der Waals surface area contributed by atoms with Crippen LogP contribution < -0.4 is 4.90 Å². The number of carbonyl (C=O) groups excluding carboxylic acids is 4. The van der Waals surface area contributed by atoms with Gasteiger partial charge in [-0.1, -0.05) is 33.4 Å². The molecule has 0 aliphatic rings. The number of hydrogen-bond acceptors (Lipinski definition) is 12. The SMILES string of the molecule is C=C(C)C(=O)OCCOC(=O)CC.C=C(C)C(=O)OCCOC(=O)CC[NH+](C)CCCC.COS(=O)(=O)OC. The van der Waals surface area contributed by atoms with Gasteiger partial charge in [-0.05, 0) is 20.3 Å². The molecule has 0 aliphatic carbocycles. The van der Waals surface area contributed by atoms with Gasteiger partial charge in [-0.2, -0.15) is 8.42 Å². The molecule has 228 valence electrons. The maximum Gasteiger partial charge on any atom is 0.399 e. The van der Waals surface area contributed by atoms with Gasteiger partial charge in [0.1, 0.15) is 26.4 Å². The van der Waals surface area contributed by atoms with Crippen molar-refractivity contribution < 1.29 is 59.8 Å². The number of ether oxygens (including phenoxy) is 4. The van der Waals surface area contributed by atoms with E-state index in [4.69, 9.17) is 9.47 Å². The summed E-state index contributed by atoms with van der Waals surface area (Å²) in [5, 5.41) is 0. The van der Waals surface area contributed by atoms with Crippen molar-refractivity contribution in [2.45, 2.75) is 53.4 Å². The monoisotopic (exact) mass is 584 g/mol. The summed E-state index contributed by atoms with van der Waals surface area (Å²) in [5.41, 5.74) is 0.675. The standard InChI is InChI=1S/C14H25NO4.C9H14O4.C2H6O4S/c1-5-6-8-15(4)9-7-13(16)18-10-11-19-14(17)12(2)3;1-4-8(10)12-5-6-13-9(11)7(2)3;1-5-7(3,4)6-2/h2,5-11H2,1,3-4H3;2,4-6H2,1,3H3;1-2H3/p+1. The molecular weight excluding hydrogens is 538 g/mol. The topological polar surface area (TPSA) is 162 Å². The highest BCUT2D eigenvalue weighted by Gasteiger charge is 2.09. The van der Waals surface area contributed by atoms with Gasteiger partial charge in [0.2, 0.25) is 0 Å². The van der Waals surface area contributed by atoms with Gasteiger partial charge in [0.05, 0.1) is 40.8 Å². The third-order valence-electron chi connectivity index (χ3n) is 4.27. The van der Waals surface area contributed by atoms with Gasteiger partial charge in [-0.3, -0.25) is 18.0 Å². The van der Waals surface area contributed by atoms with E-state index in [1.807, 2.05) is 0 Å². The lowest BCUT2D eigenvalue weighted by atomic mass is 10.3. The van der Waals surface area contributed by atoms with Gasteiger partial charge >= 0.3 is 34.3 Å². The smallest absolute Gasteiger partial charge is 0.399 e. The molecule has 0 saturated heterocycles. The second-order valence-corrected chi connectivity index (χ2v) is 9.41. The molecule has 0 aromatic carbocycles. The van der Waals surface area contributed by atoms with Crippen LogP contribution in [0.15, 0.2) is 24.3 Å². The molecule has 0 aliphatic heterocycles. The number of quaternary nitrogens is 1. The number of nitrogens with one attached hydrogen (secondary N) is 1. The van der Waals surface area contributed by atoms with Crippen LogP contribution in [0, 0.1) is 0 Å². The summed E-state index contributed by atoms with van der Waals surface area (Å²) in [5.74, 6) is -1.47. The van der Waals surface area contributed by atoms with Crippen LogP contribution in [-0.4, -0.2) is 93.1 Å². The summed E-state index contributed by atoms with van der Waals surface area (Å²) in [4.78, 5) is 45.2. The van der Waals surface area contributed by atoms with Crippen LogP contribution >= 0.6 is 0 Å². The lowest BCUT2D eigenvalue weighted by molar-refractivity contribution is -0.879. The van der Waals surface area contributed by atoms with Crippen molar-refractivity contribution in [3.05, 3.63) is 24.3 Å². The maximum absolute atomic E-state index is 11.4. The molecule has 0 aromatic rings. The van der Waals surface area contributed by atoms with Crippen molar-refractivity contribution in [3.8, 4) is 0 Å². The summed E-state index contributed by atoms with van der Waals surface area (Å²) < 4.78 is 46.7. The number of hydrogen-bond donors (Lipinski definition) is 1. The van der Waals surface area contributed by atoms with Crippen molar-refractivity contribution in [1.29, 1.82) is 0 Å². The Morgan fingerprint density at radius 1 is 0.718 bits per heavy atom. The number of esters is 4. The highest BCUT2D eigenvalue weighted by Crippen LogP contribution is 1.93. The molecule has 0 aromatic heterocycles. The minimum absolute atomic E-state index is 0.0793. The first kappa shape index (κ1) is 40.7. The Hall–Kier alpha value is -2.81. The molecule has 0 bridgehead atoms. The molecule has 1 N–H and O–H groups in total. The normalized spacial score (nSPS) is 10.8. The zero-order valence-corrected chi connectivity index (χ0v) is 25.1. The fourth-order valence-electron chi connectivity index (χ4n) is 1.99. The Morgan fingerprint density at radius 2 is 1.13 bits per heavy atom. The molecule has 13 nitrogen and oxygen atoms in total. The molecule has 0 saturated carbocycles. The van der Waals surface area contributed by atoms with E-state index in [9.17, 15) is 27.6 Å². The molecule has 0 spiro atoms. The molecule has 0 rings (SSSR count). The lowest BCUT2D eigenvalue weighted by Gasteiger charge is -2.12. The van der Waals surface area contributed by atoms with Crippen molar-refractivity contribution in [2.75, 3.05) is 60.8 Å². The first-order valence-electron chi connectivity index (χ1n) is 12.3. The fraction of sp³-hybridized carbons (Fsp3) is 0.680. The minimum Gasteiger partial charge on any atom is -0.462 e. The highest BCUT2D eigenvalue weighted by molar-refractivity contribution is 7.81. The first-order chi connectivity index (χ1) is 18.2. The van der Waals surface area contributed by atoms with Crippen molar-refractivity contribution in [3.63, 3.8) is 0 Å². The van der Waals surface area contributed by atoms with E-state index < -0.39 is 22.3 Å². The van der Waals surface area contributed by atoms with Crippen molar-refractivity contribution in [1.82, 2.24) is 0 Å². The molecular formula is C25H46NO12S+. The van der Waals surface area contributed by atoms with Gasteiger partial charge in [-0.15, -0.1) is 0 Å². The number of unbranched alkanes of at least 4 members (excludes halogenated alkanes) is 1. The van der Waals surface area contributed by atoms with E-state index in [0.29, 0.717) is 24.0 Å². The van der Waals surface area contributed by atoms with E-state index in [-0.39, 0.29) is 38.4 Å². The largest absolute Gasteiger partial charge is 0.462 e. The Kier molecular flexibility index (Phi) is 26.6. The average molecular weight is 585 g/mol. The fourth-order valence-corrected chi connectivity index (χ4v) is 2.12. The molecule has 1 unspecified atom stereocenters. The Morgan fingerprint density at radius 3 is 1.46 bits per heavy atom. The van der Waals surface area contributed by atoms with Crippen LogP contribution in [0.5, 0.6) is 0 Å². The summed E-state index contributed by atoms with van der Waals surface area (Å²) in [6.45, 7) is 16.0. The summed E-state index contributed by atoms with van der Waals surface area (Å²) in [7, 11) is 0.463. The quantitative estimate of drug-likeness (QED) is 0.112. The molecule has 14 heteroatoms. The Bertz CT molecular complexity index is 845. The third kappa shape index (κ3) is 29.6. The predicted octanol–water partition coefficient (Wildman–Crippen LogP) is 0.937. The summed E-state index contributed by atoms with van der Waals surface area (Å²) >= 11 is 0. The third-order valence-corrected chi connectivity index (χ3v) is 5.08. The summed E-state index contributed by atoms with van der Waals surface area (Å²) in [6, 6.07) is 0. The Balaban J connectivity index is -0.000000558. The van der Waals surface area contributed by atoms with E-state index in [1.54, 1.807) is 20.8 Å². The zero-order chi connectivity index (χ0) is 30.9. The van der Waals surface area contributed by atoms with E-state index in [0.717, 1.165) is 40.2 Å². The average Bonchev–Trinajstić information content (AvgIpc) is 2.91. The molecule has 0 heterocycles. The van der Waals surface area contributed by atoms with Gasteiger partial charge in [0, 0.05) is 17.6 Å². The number of rotatable bonds is 17. The maximum atomic E-state index is 11.4. The predicted molar refractivity (Wildman–Crippen MR) is 143 cm³/mol. The van der Waals surface area contributed by atoms with Crippen LogP contribution in [0.2, 0.25) is 0 Å². The van der Waals surface area contributed by atoms with Crippen LogP contribution in [0.1, 0.15) is 53.4 Å². The van der Waals surface area contributed by atoms with E-state index in [2.05, 4.69) is 45.0 Å². The minimum atomic E-state index is -3.66. The van der Waals surface area contributed by atoms with E-state index in [1.165, 1.54) is 4.90 Å². The first-order valence-corrected chi connectivity index (χ1v) is 13.6. The number of carbonyl (C=O) groups is 4. The molecule has 39 heavy (non-hydrogen) atoms. The Labute approximate surface area is 232 Å². The zero-order valence-electron chi connectivity index (χ0n) is 24.3. The van der Waals surface area contributed by atoms with Crippen LogP contribution in [0.25, 0.3) is 0 Å². The highest BCUT2D eigenvalue weighted by atomic mass is 32.3. The van der Waals surface area contributed by atoms with Crippen molar-refractivity contribution in [2.24, 2.45) is 0 Å². The van der Waals surface area contributed by atoms with Gasteiger partial charge < -0.3 is 23.8 Å². The van der Waals surface area contributed by atoms with Crippen molar-refractivity contribution >= 4 is 34.3 Å². The van der Waals surface area contributed by atoms with Gasteiger partial charge in [0.15, 0.2) is 0 Å². The second kappa shape index (κ2) is 25.5. The van der Waals surface area contributed by atoms with Crippen LogP contribution in [0.4, 0.5) is 0 Å².